The number of benzene rings is 2. The van der Waals surface area contributed by atoms with Crippen LogP contribution in [0.25, 0.3) is 10.2 Å². The summed E-state index contributed by atoms with van der Waals surface area (Å²) in [6.07, 6.45) is 0. The second-order valence-corrected chi connectivity index (χ2v) is 8.07. The van der Waals surface area contributed by atoms with Gasteiger partial charge in [0.2, 0.25) is 0 Å². The first-order valence-electron chi connectivity index (χ1n) is 9.81. The summed E-state index contributed by atoms with van der Waals surface area (Å²) in [7, 11) is 3.92. The fraction of sp³-hybridized carbons (Fsp3) is 0.364. The SMILES string of the molecule is CCN(CC)c1ccc(C(=O)N(CCN(C)C)c2nc3c(F)cccc3s2)cc1. The molecule has 0 N–H and O–H groups in total. The lowest BCUT2D eigenvalue weighted by Crippen LogP contribution is -2.36. The Morgan fingerprint density at radius 3 is 2.31 bits per heavy atom. The summed E-state index contributed by atoms with van der Waals surface area (Å²) < 4.78 is 14.9. The maximum absolute atomic E-state index is 14.1. The number of thiazole rings is 1. The van der Waals surface area contributed by atoms with Gasteiger partial charge in [-0.25, -0.2) is 9.37 Å². The van der Waals surface area contributed by atoms with E-state index >= 15 is 0 Å². The second kappa shape index (κ2) is 9.33. The number of rotatable bonds is 8. The summed E-state index contributed by atoms with van der Waals surface area (Å²) in [5.41, 5.74) is 2.00. The molecular formula is C22H27FN4OS. The molecule has 154 valence electrons. The van der Waals surface area contributed by atoms with Gasteiger partial charge in [0.05, 0.1) is 4.70 Å². The van der Waals surface area contributed by atoms with Crippen LogP contribution in [0.1, 0.15) is 24.2 Å². The molecule has 0 aliphatic heterocycles. The average molecular weight is 415 g/mol. The molecule has 29 heavy (non-hydrogen) atoms. The molecule has 2 aromatic carbocycles. The van der Waals surface area contributed by atoms with Gasteiger partial charge in [-0.15, -0.1) is 0 Å². The number of likely N-dealkylation sites (N-methyl/N-ethyl adjacent to an activating group) is 1. The lowest BCUT2D eigenvalue weighted by molar-refractivity contribution is 0.0985. The van der Waals surface area contributed by atoms with Crippen molar-refractivity contribution in [1.82, 2.24) is 9.88 Å². The molecule has 0 aliphatic rings. The highest BCUT2D eigenvalue weighted by Gasteiger charge is 2.22. The summed E-state index contributed by atoms with van der Waals surface area (Å²) in [5.74, 6) is -0.494. The predicted octanol–water partition coefficient (Wildman–Crippen LogP) is 4.49. The Balaban J connectivity index is 1.93. The third kappa shape index (κ3) is 4.74. The van der Waals surface area contributed by atoms with Crippen molar-refractivity contribution >= 4 is 38.3 Å². The zero-order valence-electron chi connectivity index (χ0n) is 17.4. The highest BCUT2D eigenvalue weighted by atomic mass is 32.1. The number of anilines is 2. The number of nitrogens with zero attached hydrogens (tertiary/aromatic N) is 4. The maximum Gasteiger partial charge on any atom is 0.260 e. The van der Waals surface area contributed by atoms with Crippen LogP contribution in [-0.2, 0) is 0 Å². The minimum absolute atomic E-state index is 0.127. The van der Waals surface area contributed by atoms with Crippen molar-refractivity contribution in [3.63, 3.8) is 0 Å². The van der Waals surface area contributed by atoms with E-state index in [4.69, 9.17) is 0 Å². The molecule has 3 aromatic rings. The van der Waals surface area contributed by atoms with Gasteiger partial charge in [-0.1, -0.05) is 17.4 Å². The lowest BCUT2D eigenvalue weighted by atomic mass is 10.1. The van der Waals surface area contributed by atoms with Gasteiger partial charge in [0.1, 0.15) is 11.3 Å². The van der Waals surface area contributed by atoms with E-state index in [0.717, 1.165) is 23.5 Å². The molecule has 0 spiro atoms. The van der Waals surface area contributed by atoms with Crippen molar-refractivity contribution in [2.45, 2.75) is 13.8 Å². The molecule has 1 aromatic heterocycles. The number of carbonyl (C=O) groups excluding carboxylic acids is 1. The molecule has 3 rings (SSSR count). The van der Waals surface area contributed by atoms with Crippen LogP contribution in [0.5, 0.6) is 0 Å². The van der Waals surface area contributed by atoms with E-state index in [9.17, 15) is 9.18 Å². The van der Waals surface area contributed by atoms with Crippen molar-refractivity contribution in [2.75, 3.05) is 50.1 Å². The third-order valence-corrected chi connectivity index (χ3v) is 5.89. The lowest BCUT2D eigenvalue weighted by Gasteiger charge is -2.23. The molecular weight excluding hydrogens is 387 g/mol. The van der Waals surface area contributed by atoms with Gasteiger partial charge >= 0.3 is 0 Å². The van der Waals surface area contributed by atoms with E-state index in [1.165, 1.54) is 17.4 Å². The van der Waals surface area contributed by atoms with E-state index < -0.39 is 0 Å². The van der Waals surface area contributed by atoms with E-state index in [-0.39, 0.29) is 11.7 Å². The number of carbonyl (C=O) groups is 1. The van der Waals surface area contributed by atoms with Crippen LogP contribution in [0.15, 0.2) is 42.5 Å². The zero-order valence-corrected chi connectivity index (χ0v) is 18.2. The summed E-state index contributed by atoms with van der Waals surface area (Å²) in [4.78, 5) is 23.6. The van der Waals surface area contributed by atoms with Crippen LogP contribution in [0.4, 0.5) is 15.2 Å². The van der Waals surface area contributed by atoms with Gasteiger partial charge < -0.3 is 9.80 Å². The second-order valence-electron chi connectivity index (χ2n) is 7.06. The molecule has 0 saturated carbocycles. The molecule has 1 amide bonds. The van der Waals surface area contributed by atoms with Crippen molar-refractivity contribution < 1.29 is 9.18 Å². The Morgan fingerprint density at radius 2 is 1.72 bits per heavy atom. The van der Waals surface area contributed by atoms with Crippen molar-refractivity contribution in [3.05, 3.63) is 53.8 Å². The smallest absolute Gasteiger partial charge is 0.260 e. The van der Waals surface area contributed by atoms with Crippen LogP contribution in [0.2, 0.25) is 0 Å². The Bertz CT molecular complexity index is 967. The number of halogens is 1. The summed E-state index contributed by atoms with van der Waals surface area (Å²) >= 11 is 1.34. The molecule has 0 atom stereocenters. The summed E-state index contributed by atoms with van der Waals surface area (Å²) in [5, 5.41) is 0.518. The Labute approximate surface area is 175 Å². The summed E-state index contributed by atoms with van der Waals surface area (Å²) in [6.45, 7) is 7.20. The van der Waals surface area contributed by atoms with Crippen molar-refractivity contribution in [1.29, 1.82) is 0 Å². The number of hydrogen-bond acceptors (Lipinski definition) is 5. The molecule has 1 heterocycles. The van der Waals surface area contributed by atoms with Crippen LogP contribution in [0.3, 0.4) is 0 Å². The van der Waals surface area contributed by atoms with E-state index in [2.05, 4.69) is 23.7 Å². The minimum Gasteiger partial charge on any atom is -0.372 e. The Morgan fingerprint density at radius 1 is 1.03 bits per heavy atom. The topological polar surface area (TPSA) is 39.7 Å². The molecule has 0 fully saturated rings. The quantitative estimate of drug-likeness (QED) is 0.544. The molecule has 5 nitrogen and oxygen atoms in total. The number of hydrogen-bond donors (Lipinski definition) is 0. The number of amides is 1. The largest absolute Gasteiger partial charge is 0.372 e. The van der Waals surface area contributed by atoms with Crippen LogP contribution in [-0.4, -0.2) is 56.1 Å². The minimum atomic E-state index is -0.367. The van der Waals surface area contributed by atoms with E-state index in [1.54, 1.807) is 11.0 Å². The van der Waals surface area contributed by atoms with Gasteiger partial charge in [0.15, 0.2) is 5.13 Å². The number of aromatic nitrogens is 1. The Hall–Kier alpha value is -2.51. The van der Waals surface area contributed by atoms with Gasteiger partial charge in [-0.05, 0) is 64.3 Å². The van der Waals surface area contributed by atoms with Crippen molar-refractivity contribution in [3.8, 4) is 0 Å². The highest BCUT2D eigenvalue weighted by molar-refractivity contribution is 7.22. The first kappa shape index (κ1) is 21.2. The Kier molecular flexibility index (Phi) is 6.82. The number of para-hydroxylation sites is 1. The van der Waals surface area contributed by atoms with Crippen molar-refractivity contribution in [2.24, 2.45) is 0 Å². The molecule has 0 saturated heterocycles. The first-order valence-corrected chi connectivity index (χ1v) is 10.6. The zero-order chi connectivity index (χ0) is 21.0. The number of fused-ring (bicyclic) bond motifs is 1. The van der Waals surface area contributed by atoms with Crippen LogP contribution in [0, 0.1) is 5.82 Å². The average Bonchev–Trinajstić information content (AvgIpc) is 3.14. The first-order chi connectivity index (χ1) is 13.9. The molecule has 7 heteroatoms. The van der Waals surface area contributed by atoms with E-state index in [0.29, 0.717) is 29.3 Å². The monoisotopic (exact) mass is 414 g/mol. The van der Waals surface area contributed by atoms with Crippen LogP contribution >= 0.6 is 11.3 Å². The maximum atomic E-state index is 14.1. The predicted molar refractivity (Wildman–Crippen MR) is 120 cm³/mol. The van der Waals surface area contributed by atoms with Crippen LogP contribution < -0.4 is 9.80 Å². The normalized spacial score (nSPS) is 11.2. The standard InChI is InChI=1S/C22H27FN4OS/c1-5-26(6-2)17-12-10-16(11-13-17)21(28)27(15-14-25(3)4)22-24-20-18(23)8-7-9-19(20)29-22/h7-13H,5-6,14-15H2,1-4H3. The molecule has 0 aliphatic carbocycles. The summed E-state index contributed by atoms with van der Waals surface area (Å²) in [6, 6.07) is 12.5. The van der Waals surface area contributed by atoms with Gasteiger partial charge in [-0.2, -0.15) is 0 Å². The molecule has 0 bridgehead atoms. The molecule has 0 unspecified atom stereocenters. The molecule has 0 radical (unpaired) electrons. The van der Waals surface area contributed by atoms with Gasteiger partial charge in [-0.3, -0.25) is 9.69 Å². The van der Waals surface area contributed by atoms with E-state index in [1.807, 2.05) is 49.3 Å². The van der Waals surface area contributed by atoms with Gasteiger partial charge in [0.25, 0.3) is 5.91 Å². The third-order valence-electron chi connectivity index (χ3n) is 4.85. The van der Waals surface area contributed by atoms with Gasteiger partial charge in [0, 0.05) is 37.4 Å². The fourth-order valence-corrected chi connectivity index (χ4v) is 4.17. The highest BCUT2D eigenvalue weighted by Crippen LogP contribution is 2.31. The fourth-order valence-electron chi connectivity index (χ4n) is 3.16.